The fraction of sp³-hybridized carbons (Fsp3) is 0.364. The molecule has 0 saturated heterocycles. The fourth-order valence-electron chi connectivity index (χ4n) is 1.59. The molecule has 2 aromatic rings. The molecule has 0 spiro atoms. The Hall–Kier alpha value is -1.75. The average molecular weight is 222 g/mol. The Labute approximate surface area is 92.4 Å². The van der Waals surface area contributed by atoms with Crippen molar-refractivity contribution in [3.8, 4) is 0 Å². The molecule has 0 radical (unpaired) electrons. The van der Waals surface area contributed by atoms with Gasteiger partial charge in [0, 0.05) is 18.9 Å². The maximum absolute atomic E-state index is 11.6. The first kappa shape index (κ1) is 10.8. The molecule has 0 saturated carbocycles. The minimum atomic E-state index is -0.385. The monoisotopic (exact) mass is 222 g/mol. The number of nitrogens with two attached hydrogens (primary N) is 1. The normalized spacial score (nSPS) is 13.1. The van der Waals surface area contributed by atoms with Crippen LogP contribution in [-0.2, 0) is 11.3 Å². The zero-order valence-corrected chi connectivity index (χ0v) is 9.27. The van der Waals surface area contributed by atoms with Gasteiger partial charge in [0.2, 0.25) is 0 Å². The molecular formula is C11H14N2O3. The van der Waals surface area contributed by atoms with Crippen LogP contribution < -0.4 is 11.5 Å². The maximum atomic E-state index is 11.6. The van der Waals surface area contributed by atoms with E-state index in [1.54, 1.807) is 29.9 Å². The van der Waals surface area contributed by atoms with Gasteiger partial charge in [0.1, 0.15) is 0 Å². The van der Waals surface area contributed by atoms with E-state index in [1.807, 2.05) is 6.92 Å². The van der Waals surface area contributed by atoms with Crippen LogP contribution in [0.1, 0.15) is 6.92 Å². The van der Waals surface area contributed by atoms with Crippen LogP contribution in [0.25, 0.3) is 11.1 Å². The number of nitrogen functional groups attached to an aromatic ring is 1. The number of ether oxygens (including phenoxy) is 1. The lowest BCUT2D eigenvalue weighted by molar-refractivity contribution is 0.102. The summed E-state index contributed by atoms with van der Waals surface area (Å²) >= 11 is 0. The van der Waals surface area contributed by atoms with Crippen LogP contribution in [0.15, 0.2) is 27.4 Å². The lowest BCUT2D eigenvalue weighted by Gasteiger charge is -2.09. The van der Waals surface area contributed by atoms with Crippen molar-refractivity contribution in [2.24, 2.45) is 0 Å². The third-order valence-electron chi connectivity index (χ3n) is 2.53. The van der Waals surface area contributed by atoms with Crippen molar-refractivity contribution < 1.29 is 9.15 Å². The zero-order chi connectivity index (χ0) is 11.7. The largest absolute Gasteiger partial charge is 0.420 e. The van der Waals surface area contributed by atoms with Gasteiger partial charge in [0.05, 0.1) is 18.2 Å². The molecule has 1 atom stereocenters. The second kappa shape index (κ2) is 4.02. The van der Waals surface area contributed by atoms with E-state index in [4.69, 9.17) is 14.9 Å². The summed E-state index contributed by atoms with van der Waals surface area (Å²) in [5.74, 6) is -0.385. The van der Waals surface area contributed by atoms with E-state index in [1.165, 1.54) is 0 Å². The van der Waals surface area contributed by atoms with E-state index in [2.05, 4.69) is 0 Å². The first-order valence-electron chi connectivity index (χ1n) is 5.03. The van der Waals surface area contributed by atoms with Gasteiger partial charge in [0.25, 0.3) is 0 Å². The van der Waals surface area contributed by atoms with Crippen LogP contribution in [0.5, 0.6) is 0 Å². The highest BCUT2D eigenvalue weighted by molar-refractivity contribution is 5.76. The maximum Gasteiger partial charge on any atom is 0.420 e. The topological polar surface area (TPSA) is 70.4 Å². The molecule has 1 aromatic heterocycles. The Morgan fingerprint density at radius 1 is 1.56 bits per heavy atom. The van der Waals surface area contributed by atoms with Gasteiger partial charge in [-0.15, -0.1) is 0 Å². The molecule has 1 heterocycles. The van der Waals surface area contributed by atoms with E-state index in [9.17, 15) is 4.79 Å². The summed E-state index contributed by atoms with van der Waals surface area (Å²) in [4.78, 5) is 11.6. The van der Waals surface area contributed by atoms with E-state index in [0.29, 0.717) is 17.8 Å². The van der Waals surface area contributed by atoms with Gasteiger partial charge in [-0.3, -0.25) is 4.57 Å². The Morgan fingerprint density at radius 2 is 2.31 bits per heavy atom. The zero-order valence-electron chi connectivity index (χ0n) is 9.27. The van der Waals surface area contributed by atoms with Crippen LogP contribution in [-0.4, -0.2) is 17.8 Å². The number of nitrogens with zero attached hydrogens (tertiary/aromatic N) is 1. The highest BCUT2D eigenvalue weighted by Crippen LogP contribution is 2.16. The number of hydrogen-bond donors (Lipinski definition) is 1. The van der Waals surface area contributed by atoms with Crippen molar-refractivity contribution in [1.29, 1.82) is 0 Å². The first-order chi connectivity index (χ1) is 7.61. The summed E-state index contributed by atoms with van der Waals surface area (Å²) in [6.07, 6.45) is -0.0453. The van der Waals surface area contributed by atoms with Crippen LogP contribution >= 0.6 is 0 Å². The molecule has 86 valence electrons. The molecular weight excluding hydrogens is 208 g/mol. The van der Waals surface area contributed by atoms with Crippen LogP contribution in [0, 0.1) is 0 Å². The Balaban J connectivity index is 2.52. The molecule has 5 heteroatoms. The van der Waals surface area contributed by atoms with Gasteiger partial charge >= 0.3 is 5.76 Å². The minimum absolute atomic E-state index is 0.0453. The van der Waals surface area contributed by atoms with E-state index in [0.717, 1.165) is 5.52 Å². The summed E-state index contributed by atoms with van der Waals surface area (Å²) in [7, 11) is 1.61. The average Bonchev–Trinajstić information content (AvgIpc) is 2.54. The Morgan fingerprint density at radius 3 is 3.00 bits per heavy atom. The second-order valence-corrected chi connectivity index (χ2v) is 3.75. The number of fused-ring (bicyclic) bond motifs is 1. The summed E-state index contributed by atoms with van der Waals surface area (Å²) in [5.41, 5.74) is 7.44. The summed E-state index contributed by atoms with van der Waals surface area (Å²) in [6, 6.07) is 5.16. The standard InChI is InChI=1S/C11H14N2O3/c1-7(15-2)6-13-9-4-3-8(12)5-10(9)16-11(13)14/h3-5,7H,6,12H2,1-2H3. The lowest BCUT2D eigenvalue weighted by Crippen LogP contribution is -2.22. The highest BCUT2D eigenvalue weighted by atomic mass is 16.5. The lowest BCUT2D eigenvalue weighted by atomic mass is 10.3. The van der Waals surface area contributed by atoms with Gasteiger partial charge < -0.3 is 14.9 Å². The smallest absolute Gasteiger partial charge is 0.408 e. The molecule has 1 aromatic carbocycles. The summed E-state index contributed by atoms with van der Waals surface area (Å²) < 4.78 is 11.8. The van der Waals surface area contributed by atoms with Crippen molar-refractivity contribution in [2.45, 2.75) is 19.6 Å². The van der Waals surface area contributed by atoms with Crippen molar-refractivity contribution in [2.75, 3.05) is 12.8 Å². The Kier molecular flexibility index (Phi) is 2.70. The molecule has 16 heavy (non-hydrogen) atoms. The third-order valence-corrected chi connectivity index (χ3v) is 2.53. The van der Waals surface area contributed by atoms with E-state index < -0.39 is 0 Å². The molecule has 2 rings (SSSR count). The third kappa shape index (κ3) is 1.81. The molecule has 0 fully saturated rings. The van der Waals surface area contributed by atoms with Gasteiger partial charge in [-0.05, 0) is 19.1 Å². The van der Waals surface area contributed by atoms with Gasteiger partial charge in [-0.2, -0.15) is 0 Å². The second-order valence-electron chi connectivity index (χ2n) is 3.75. The van der Waals surface area contributed by atoms with Gasteiger partial charge in [0.15, 0.2) is 5.58 Å². The van der Waals surface area contributed by atoms with Crippen molar-refractivity contribution in [1.82, 2.24) is 4.57 Å². The molecule has 0 aliphatic carbocycles. The number of anilines is 1. The number of methoxy groups -OCH3 is 1. The molecule has 1 unspecified atom stereocenters. The summed E-state index contributed by atoms with van der Waals surface area (Å²) in [6.45, 7) is 2.36. The first-order valence-corrected chi connectivity index (χ1v) is 5.03. The number of aromatic nitrogens is 1. The molecule has 0 bridgehead atoms. The molecule has 0 aliphatic heterocycles. The number of rotatable bonds is 3. The van der Waals surface area contributed by atoms with Crippen LogP contribution in [0.4, 0.5) is 5.69 Å². The van der Waals surface area contributed by atoms with Crippen molar-refractivity contribution in [3.05, 3.63) is 28.7 Å². The highest BCUT2D eigenvalue weighted by Gasteiger charge is 2.11. The number of oxazole rings is 1. The molecule has 2 N–H and O–H groups in total. The molecule has 0 amide bonds. The molecule has 5 nitrogen and oxygen atoms in total. The van der Waals surface area contributed by atoms with Crippen LogP contribution in [0.2, 0.25) is 0 Å². The quantitative estimate of drug-likeness (QED) is 0.792. The van der Waals surface area contributed by atoms with E-state index in [-0.39, 0.29) is 11.9 Å². The predicted octanol–water partition coefficient (Wildman–Crippen LogP) is 1.21. The number of benzene rings is 1. The van der Waals surface area contributed by atoms with Gasteiger partial charge in [-0.1, -0.05) is 0 Å². The Bertz CT molecular complexity index is 556. The predicted molar refractivity (Wildman–Crippen MR) is 61.4 cm³/mol. The number of hydrogen-bond acceptors (Lipinski definition) is 4. The van der Waals surface area contributed by atoms with Crippen molar-refractivity contribution >= 4 is 16.8 Å². The van der Waals surface area contributed by atoms with Crippen LogP contribution in [0.3, 0.4) is 0 Å². The minimum Gasteiger partial charge on any atom is -0.408 e. The van der Waals surface area contributed by atoms with Crippen molar-refractivity contribution in [3.63, 3.8) is 0 Å². The fourth-order valence-corrected chi connectivity index (χ4v) is 1.59. The molecule has 0 aliphatic rings. The van der Waals surface area contributed by atoms with E-state index >= 15 is 0 Å². The SMILES string of the molecule is COC(C)Cn1c(=O)oc2cc(N)ccc21. The van der Waals surface area contributed by atoms with Gasteiger partial charge in [-0.25, -0.2) is 4.79 Å². The summed E-state index contributed by atoms with van der Waals surface area (Å²) in [5, 5.41) is 0.